The molecule has 0 aliphatic rings. The van der Waals surface area contributed by atoms with Crippen LogP contribution in [0.1, 0.15) is 5.69 Å². The van der Waals surface area contributed by atoms with Crippen molar-refractivity contribution in [1.82, 2.24) is 14.8 Å². The predicted octanol–water partition coefficient (Wildman–Crippen LogP) is 1.81. The van der Waals surface area contributed by atoms with Gasteiger partial charge in [-0.05, 0) is 19.1 Å². The second kappa shape index (κ2) is 3.31. The molecule has 2 aromatic rings. The monoisotopic (exact) mass is 208 g/mol. The lowest BCUT2D eigenvalue weighted by Gasteiger charge is -2.02. The van der Waals surface area contributed by atoms with Gasteiger partial charge in [-0.3, -0.25) is 0 Å². The molecule has 0 aromatic carbocycles. The second-order valence-electron chi connectivity index (χ2n) is 2.94. The maximum Gasteiger partial charge on any atom is 0.157 e. The number of pyridine rings is 1. The molecule has 0 aliphatic carbocycles. The number of hydrogen-bond acceptors (Lipinski definition) is 3. The number of aromatic nitrogens is 3. The lowest BCUT2D eigenvalue weighted by Crippen LogP contribution is -2.03. The van der Waals surface area contributed by atoms with Crippen molar-refractivity contribution in [2.24, 2.45) is 0 Å². The number of anilines is 1. The third-order valence-electron chi connectivity index (χ3n) is 1.78. The summed E-state index contributed by atoms with van der Waals surface area (Å²) in [6.07, 6.45) is 0. The van der Waals surface area contributed by atoms with E-state index in [9.17, 15) is 0 Å². The van der Waals surface area contributed by atoms with Crippen LogP contribution in [0.25, 0.3) is 5.82 Å². The third-order valence-corrected chi connectivity index (χ3v) is 1.99. The van der Waals surface area contributed by atoms with E-state index in [1.807, 2.05) is 6.92 Å². The van der Waals surface area contributed by atoms with Gasteiger partial charge in [-0.2, -0.15) is 9.78 Å². The van der Waals surface area contributed by atoms with Crippen molar-refractivity contribution in [3.8, 4) is 5.82 Å². The molecule has 0 amide bonds. The largest absolute Gasteiger partial charge is 0.384 e. The molecule has 4 nitrogen and oxygen atoms in total. The predicted molar refractivity (Wildman–Crippen MR) is 55.5 cm³/mol. The van der Waals surface area contributed by atoms with Gasteiger partial charge in [0.25, 0.3) is 0 Å². The Hall–Kier alpha value is -1.55. The van der Waals surface area contributed by atoms with Crippen LogP contribution in [0, 0.1) is 6.92 Å². The van der Waals surface area contributed by atoms with E-state index in [-0.39, 0.29) is 0 Å². The molecular formula is C9H9ClN4. The first-order valence-corrected chi connectivity index (χ1v) is 4.50. The van der Waals surface area contributed by atoms with Gasteiger partial charge in [0.05, 0.1) is 5.69 Å². The topological polar surface area (TPSA) is 56.7 Å². The number of aryl methyl sites for hydroxylation is 1. The molecule has 0 saturated carbocycles. The van der Waals surface area contributed by atoms with Gasteiger partial charge in [-0.15, -0.1) is 0 Å². The Morgan fingerprint density at radius 2 is 2.21 bits per heavy atom. The summed E-state index contributed by atoms with van der Waals surface area (Å²) in [7, 11) is 0. The molecular weight excluding hydrogens is 200 g/mol. The van der Waals surface area contributed by atoms with E-state index in [0.29, 0.717) is 16.8 Å². The summed E-state index contributed by atoms with van der Waals surface area (Å²) in [5, 5.41) is 4.62. The van der Waals surface area contributed by atoms with E-state index in [4.69, 9.17) is 17.3 Å². The maximum atomic E-state index is 5.76. The molecule has 0 bridgehead atoms. The summed E-state index contributed by atoms with van der Waals surface area (Å²) < 4.78 is 1.56. The fraction of sp³-hybridized carbons (Fsp3) is 0.111. The molecule has 14 heavy (non-hydrogen) atoms. The molecule has 0 fully saturated rings. The quantitative estimate of drug-likeness (QED) is 0.728. The first-order chi connectivity index (χ1) is 6.66. The van der Waals surface area contributed by atoms with E-state index in [1.54, 1.807) is 28.9 Å². The summed E-state index contributed by atoms with van der Waals surface area (Å²) >= 11 is 5.76. The van der Waals surface area contributed by atoms with E-state index in [1.165, 1.54) is 0 Å². The smallest absolute Gasteiger partial charge is 0.157 e. The van der Waals surface area contributed by atoms with Gasteiger partial charge in [-0.25, -0.2) is 4.98 Å². The van der Waals surface area contributed by atoms with Crippen LogP contribution in [0.5, 0.6) is 0 Å². The minimum absolute atomic E-state index is 0.426. The molecule has 5 heteroatoms. The Kier molecular flexibility index (Phi) is 2.13. The summed E-state index contributed by atoms with van der Waals surface area (Å²) in [5.41, 5.74) is 6.59. The Labute approximate surface area is 86.3 Å². The van der Waals surface area contributed by atoms with Crippen molar-refractivity contribution in [2.45, 2.75) is 6.92 Å². The number of rotatable bonds is 1. The Bertz CT molecular complexity index is 464. The molecule has 2 heterocycles. The minimum Gasteiger partial charge on any atom is -0.384 e. The molecule has 0 unspecified atom stereocenters. The van der Waals surface area contributed by atoms with E-state index >= 15 is 0 Å². The highest BCUT2D eigenvalue weighted by Gasteiger charge is 2.05. The number of halogens is 1. The SMILES string of the molecule is Cc1cc(N)n(-c2cccc(Cl)n2)n1. The highest BCUT2D eigenvalue weighted by Crippen LogP contribution is 2.13. The normalized spacial score (nSPS) is 10.4. The minimum atomic E-state index is 0.426. The molecule has 0 aliphatic heterocycles. The van der Waals surface area contributed by atoms with Gasteiger partial charge >= 0.3 is 0 Å². The maximum absolute atomic E-state index is 5.76. The number of nitrogens with two attached hydrogens (primary N) is 1. The van der Waals surface area contributed by atoms with Crippen molar-refractivity contribution in [3.05, 3.63) is 35.1 Å². The van der Waals surface area contributed by atoms with Crippen LogP contribution in [-0.4, -0.2) is 14.8 Å². The molecule has 0 spiro atoms. The fourth-order valence-corrected chi connectivity index (χ4v) is 1.38. The van der Waals surface area contributed by atoms with Gasteiger partial charge in [0.1, 0.15) is 11.0 Å². The zero-order valence-corrected chi connectivity index (χ0v) is 8.36. The Morgan fingerprint density at radius 1 is 1.43 bits per heavy atom. The van der Waals surface area contributed by atoms with Gasteiger partial charge in [0.2, 0.25) is 0 Å². The lowest BCUT2D eigenvalue weighted by atomic mass is 10.4. The van der Waals surface area contributed by atoms with Crippen molar-refractivity contribution >= 4 is 17.4 Å². The zero-order chi connectivity index (χ0) is 10.1. The van der Waals surface area contributed by atoms with Gasteiger partial charge in [0, 0.05) is 6.07 Å². The second-order valence-corrected chi connectivity index (χ2v) is 3.33. The van der Waals surface area contributed by atoms with Crippen molar-refractivity contribution in [2.75, 3.05) is 5.73 Å². The van der Waals surface area contributed by atoms with Gasteiger partial charge in [-0.1, -0.05) is 17.7 Å². The molecule has 72 valence electrons. The van der Waals surface area contributed by atoms with Crippen LogP contribution in [0.15, 0.2) is 24.3 Å². The Balaban J connectivity index is 2.54. The molecule has 0 atom stereocenters. The molecule has 0 radical (unpaired) electrons. The fourth-order valence-electron chi connectivity index (χ4n) is 1.22. The molecule has 0 saturated heterocycles. The van der Waals surface area contributed by atoms with Gasteiger partial charge < -0.3 is 5.73 Å². The summed E-state index contributed by atoms with van der Waals surface area (Å²) in [5.74, 6) is 1.18. The van der Waals surface area contributed by atoms with E-state index in [2.05, 4.69) is 10.1 Å². The van der Waals surface area contributed by atoms with E-state index < -0.39 is 0 Å². The summed E-state index contributed by atoms with van der Waals surface area (Å²) in [4.78, 5) is 4.10. The average molecular weight is 209 g/mol. The van der Waals surface area contributed by atoms with Crippen LogP contribution in [0.4, 0.5) is 5.82 Å². The highest BCUT2D eigenvalue weighted by atomic mass is 35.5. The van der Waals surface area contributed by atoms with Crippen molar-refractivity contribution in [1.29, 1.82) is 0 Å². The first-order valence-electron chi connectivity index (χ1n) is 4.12. The van der Waals surface area contributed by atoms with Crippen LogP contribution in [-0.2, 0) is 0 Å². The van der Waals surface area contributed by atoms with Crippen LogP contribution in [0.3, 0.4) is 0 Å². The zero-order valence-electron chi connectivity index (χ0n) is 7.61. The first kappa shape index (κ1) is 9.02. The lowest BCUT2D eigenvalue weighted by molar-refractivity contribution is 0.842. The average Bonchev–Trinajstić information content (AvgIpc) is 2.45. The highest BCUT2D eigenvalue weighted by molar-refractivity contribution is 6.29. The number of nitrogen functional groups attached to an aromatic ring is 1. The molecule has 2 N–H and O–H groups in total. The third kappa shape index (κ3) is 1.56. The number of hydrogen-bond donors (Lipinski definition) is 1. The Morgan fingerprint density at radius 3 is 2.79 bits per heavy atom. The van der Waals surface area contributed by atoms with Crippen LogP contribution in [0.2, 0.25) is 5.15 Å². The number of nitrogens with zero attached hydrogens (tertiary/aromatic N) is 3. The van der Waals surface area contributed by atoms with E-state index in [0.717, 1.165) is 5.69 Å². The summed E-state index contributed by atoms with van der Waals surface area (Å²) in [6.45, 7) is 1.87. The standard InChI is InChI=1S/C9H9ClN4/c1-6-5-8(11)14(13-6)9-4-2-3-7(10)12-9/h2-5H,11H2,1H3. The summed E-state index contributed by atoms with van der Waals surface area (Å²) in [6, 6.07) is 7.09. The molecule has 2 rings (SSSR count). The van der Waals surface area contributed by atoms with Crippen molar-refractivity contribution in [3.63, 3.8) is 0 Å². The van der Waals surface area contributed by atoms with Crippen LogP contribution >= 0.6 is 11.6 Å². The van der Waals surface area contributed by atoms with Gasteiger partial charge in [0.15, 0.2) is 5.82 Å². The molecule has 2 aromatic heterocycles. The van der Waals surface area contributed by atoms with Crippen molar-refractivity contribution < 1.29 is 0 Å². The van der Waals surface area contributed by atoms with Crippen LogP contribution < -0.4 is 5.73 Å².